The number of alkyl halides is 3. The molecule has 0 unspecified atom stereocenters. The van der Waals surface area contributed by atoms with E-state index in [4.69, 9.17) is 5.26 Å². The molecule has 0 atom stereocenters. The third-order valence-electron chi connectivity index (χ3n) is 2.46. The van der Waals surface area contributed by atoms with Gasteiger partial charge in [-0.25, -0.2) is 0 Å². The Morgan fingerprint density at radius 3 is 2.15 bits per heavy atom. The van der Waals surface area contributed by atoms with Gasteiger partial charge >= 0.3 is 6.18 Å². The second-order valence-electron chi connectivity index (χ2n) is 3.88. The molecular weight excluding hydrogens is 351 g/mol. The molecule has 0 aromatic heterocycles. The lowest BCUT2D eigenvalue weighted by Gasteiger charge is -2.11. The molecule has 0 N–H and O–H groups in total. The van der Waals surface area contributed by atoms with Crippen molar-refractivity contribution in [2.75, 3.05) is 0 Å². The fraction of sp³-hybridized carbons (Fsp3) is 0.0714. The van der Waals surface area contributed by atoms with Crippen molar-refractivity contribution < 1.29 is 13.2 Å². The fourth-order valence-corrected chi connectivity index (χ4v) is 2.85. The van der Waals surface area contributed by atoms with Crippen LogP contribution in [0.4, 0.5) is 13.2 Å². The minimum absolute atomic E-state index is 0.0224. The highest BCUT2D eigenvalue weighted by molar-refractivity contribution is 9.10. The lowest BCUT2D eigenvalue weighted by atomic mass is 10.2. The second-order valence-corrected chi connectivity index (χ2v) is 5.88. The fourth-order valence-electron chi connectivity index (χ4n) is 1.52. The van der Waals surface area contributed by atoms with Crippen LogP contribution in [-0.4, -0.2) is 0 Å². The molecule has 0 saturated heterocycles. The maximum atomic E-state index is 12.8. The Morgan fingerprint density at radius 1 is 1.00 bits per heavy atom. The van der Waals surface area contributed by atoms with Crippen LogP contribution in [0.25, 0.3) is 0 Å². The van der Waals surface area contributed by atoms with Crippen molar-refractivity contribution in [2.24, 2.45) is 0 Å². The highest BCUT2D eigenvalue weighted by atomic mass is 79.9. The first-order valence-electron chi connectivity index (χ1n) is 5.45. The summed E-state index contributed by atoms with van der Waals surface area (Å²) in [5.74, 6) is 0. The summed E-state index contributed by atoms with van der Waals surface area (Å²) in [6.45, 7) is 0. The van der Waals surface area contributed by atoms with Gasteiger partial charge in [0.2, 0.25) is 0 Å². The smallest absolute Gasteiger partial charge is 0.192 e. The first-order chi connectivity index (χ1) is 9.40. The Labute approximate surface area is 126 Å². The molecule has 2 aromatic carbocycles. The summed E-state index contributed by atoms with van der Waals surface area (Å²) in [6, 6.07) is 12.8. The minimum Gasteiger partial charge on any atom is -0.192 e. The van der Waals surface area contributed by atoms with E-state index in [0.717, 1.165) is 11.0 Å². The van der Waals surface area contributed by atoms with E-state index in [9.17, 15) is 13.2 Å². The molecule has 102 valence electrons. The molecule has 0 heterocycles. The molecule has 0 aliphatic heterocycles. The number of halogens is 4. The van der Waals surface area contributed by atoms with Crippen LogP contribution in [0.3, 0.4) is 0 Å². The molecule has 0 aliphatic carbocycles. The van der Waals surface area contributed by atoms with Gasteiger partial charge in [-0.2, -0.15) is 18.4 Å². The molecule has 0 saturated carbocycles. The lowest BCUT2D eigenvalue weighted by molar-refractivity contribution is -0.138. The van der Waals surface area contributed by atoms with Crippen molar-refractivity contribution in [3.8, 4) is 6.07 Å². The zero-order valence-electron chi connectivity index (χ0n) is 9.91. The molecule has 2 aromatic rings. The van der Waals surface area contributed by atoms with Crippen molar-refractivity contribution >= 4 is 27.7 Å². The largest absolute Gasteiger partial charge is 0.417 e. The van der Waals surface area contributed by atoms with Crippen LogP contribution in [0.1, 0.15) is 11.1 Å². The average molecular weight is 358 g/mol. The third-order valence-corrected chi connectivity index (χ3v) is 4.15. The standard InChI is InChI=1S/C14H7BrF3NS/c15-13-6-5-11(7-12(13)14(16,17)18)20-10-3-1-9(8-19)2-4-10/h1-7H. The van der Waals surface area contributed by atoms with Gasteiger partial charge in [-0.3, -0.25) is 0 Å². The number of hydrogen-bond acceptors (Lipinski definition) is 2. The Hall–Kier alpha value is -1.45. The summed E-state index contributed by atoms with van der Waals surface area (Å²) < 4.78 is 38.4. The van der Waals surface area contributed by atoms with Crippen LogP contribution in [0.2, 0.25) is 0 Å². The van der Waals surface area contributed by atoms with Crippen LogP contribution in [0.5, 0.6) is 0 Å². The number of benzene rings is 2. The first kappa shape index (κ1) is 14.9. The quantitative estimate of drug-likeness (QED) is 0.709. The second kappa shape index (κ2) is 5.90. The van der Waals surface area contributed by atoms with Gasteiger partial charge in [0.25, 0.3) is 0 Å². The minimum atomic E-state index is -4.39. The summed E-state index contributed by atoms with van der Waals surface area (Å²) in [6.07, 6.45) is -4.39. The Balaban J connectivity index is 2.28. The maximum Gasteiger partial charge on any atom is 0.417 e. The predicted molar refractivity (Wildman–Crippen MR) is 74.4 cm³/mol. The van der Waals surface area contributed by atoms with Gasteiger partial charge in [0.15, 0.2) is 0 Å². The monoisotopic (exact) mass is 357 g/mol. The maximum absolute atomic E-state index is 12.8. The number of rotatable bonds is 2. The van der Waals surface area contributed by atoms with Gasteiger partial charge in [0, 0.05) is 14.3 Å². The van der Waals surface area contributed by atoms with E-state index >= 15 is 0 Å². The summed E-state index contributed by atoms with van der Waals surface area (Å²) in [7, 11) is 0. The summed E-state index contributed by atoms with van der Waals surface area (Å²) in [5.41, 5.74) is -0.183. The average Bonchev–Trinajstić information content (AvgIpc) is 2.40. The van der Waals surface area contributed by atoms with Crippen molar-refractivity contribution in [3.63, 3.8) is 0 Å². The van der Waals surface area contributed by atoms with E-state index in [-0.39, 0.29) is 4.47 Å². The van der Waals surface area contributed by atoms with E-state index in [2.05, 4.69) is 15.9 Å². The molecule has 0 aliphatic rings. The molecule has 1 nitrogen and oxygen atoms in total. The van der Waals surface area contributed by atoms with Crippen LogP contribution in [-0.2, 0) is 6.18 Å². The topological polar surface area (TPSA) is 23.8 Å². The van der Waals surface area contributed by atoms with Crippen molar-refractivity contribution in [1.82, 2.24) is 0 Å². The third kappa shape index (κ3) is 3.56. The van der Waals surface area contributed by atoms with E-state index < -0.39 is 11.7 Å². The molecule has 20 heavy (non-hydrogen) atoms. The number of hydrogen-bond donors (Lipinski definition) is 0. The van der Waals surface area contributed by atoms with E-state index in [1.807, 2.05) is 6.07 Å². The molecule has 2 rings (SSSR count). The van der Waals surface area contributed by atoms with Crippen LogP contribution >= 0.6 is 27.7 Å². The highest BCUT2D eigenvalue weighted by Crippen LogP contribution is 2.38. The SMILES string of the molecule is N#Cc1ccc(Sc2ccc(Br)c(C(F)(F)F)c2)cc1. The van der Waals surface area contributed by atoms with Crippen molar-refractivity contribution in [3.05, 3.63) is 58.1 Å². The van der Waals surface area contributed by atoms with Crippen LogP contribution in [0.15, 0.2) is 56.7 Å². The van der Waals surface area contributed by atoms with Crippen molar-refractivity contribution in [2.45, 2.75) is 16.0 Å². The highest BCUT2D eigenvalue weighted by Gasteiger charge is 2.33. The Kier molecular flexibility index (Phi) is 4.41. The molecule has 0 radical (unpaired) electrons. The van der Waals surface area contributed by atoms with Crippen molar-refractivity contribution in [1.29, 1.82) is 5.26 Å². The Bertz CT molecular complexity index is 660. The predicted octanol–water partition coefficient (Wildman–Crippen LogP) is 5.49. The van der Waals surface area contributed by atoms with Gasteiger partial charge in [-0.1, -0.05) is 27.7 Å². The van der Waals surface area contributed by atoms with Gasteiger partial charge in [0.05, 0.1) is 17.2 Å². The molecule has 6 heteroatoms. The number of nitrogens with zero attached hydrogens (tertiary/aromatic N) is 1. The Morgan fingerprint density at radius 2 is 1.60 bits per heavy atom. The van der Waals surface area contributed by atoms with Gasteiger partial charge in [-0.15, -0.1) is 0 Å². The first-order valence-corrected chi connectivity index (χ1v) is 7.06. The van der Waals surface area contributed by atoms with Gasteiger partial charge in [-0.05, 0) is 42.5 Å². The van der Waals surface area contributed by atoms with Crippen LogP contribution in [0, 0.1) is 11.3 Å². The molecular formula is C14H7BrF3NS. The lowest BCUT2D eigenvalue weighted by Crippen LogP contribution is -2.05. The normalized spacial score (nSPS) is 11.2. The summed E-state index contributed by atoms with van der Waals surface area (Å²) in [4.78, 5) is 1.27. The molecule has 0 fully saturated rings. The van der Waals surface area contributed by atoms with E-state index in [0.29, 0.717) is 10.5 Å². The van der Waals surface area contributed by atoms with Crippen LogP contribution < -0.4 is 0 Å². The number of nitriles is 1. The molecule has 0 amide bonds. The van der Waals surface area contributed by atoms with Gasteiger partial charge in [0.1, 0.15) is 0 Å². The molecule has 0 spiro atoms. The van der Waals surface area contributed by atoms with Gasteiger partial charge < -0.3 is 0 Å². The summed E-state index contributed by atoms with van der Waals surface area (Å²) in [5, 5.41) is 8.69. The zero-order chi connectivity index (χ0) is 14.8. The van der Waals surface area contributed by atoms with E-state index in [1.165, 1.54) is 17.8 Å². The summed E-state index contributed by atoms with van der Waals surface area (Å²) >= 11 is 4.12. The zero-order valence-corrected chi connectivity index (χ0v) is 12.3. The molecule has 0 bridgehead atoms. The van der Waals surface area contributed by atoms with E-state index in [1.54, 1.807) is 30.3 Å².